The highest BCUT2D eigenvalue weighted by Crippen LogP contribution is 2.66. The van der Waals surface area contributed by atoms with E-state index < -0.39 is 17.6 Å². The molecule has 37 heavy (non-hydrogen) atoms. The van der Waals surface area contributed by atoms with Crippen LogP contribution in [0.4, 0.5) is 0 Å². The number of carbonyl (C=O) groups excluding carboxylic acids is 1. The third-order valence-corrected chi connectivity index (χ3v) is 10.1. The summed E-state index contributed by atoms with van der Waals surface area (Å²) in [7, 11) is 0. The summed E-state index contributed by atoms with van der Waals surface area (Å²) < 4.78 is 6.17. The first-order valence-corrected chi connectivity index (χ1v) is 13.9. The third-order valence-electron chi connectivity index (χ3n) is 10.1. The molecule has 0 heterocycles. The molecule has 3 aliphatic carbocycles. The number of fused-ring (bicyclic) bond motifs is 2. The van der Waals surface area contributed by atoms with Gasteiger partial charge in [0, 0.05) is 22.5 Å². The van der Waals surface area contributed by atoms with Gasteiger partial charge in [-0.3, -0.25) is 0 Å². The molecule has 5 unspecified atom stereocenters. The molecule has 5 nitrogen and oxygen atoms in total. The quantitative estimate of drug-likeness (QED) is 0.150. The number of ether oxygens (including phenoxy) is 1. The Kier molecular flexibility index (Phi) is 7.31. The smallest absolute Gasteiger partial charge is 0.342 e. The van der Waals surface area contributed by atoms with Crippen molar-refractivity contribution in [3.8, 4) is 17.2 Å². The van der Waals surface area contributed by atoms with E-state index in [-0.39, 0.29) is 51.0 Å². The van der Waals surface area contributed by atoms with Gasteiger partial charge in [-0.15, -0.1) is 0 Å². The van der Waals surface area contributed by atoms with Gasteiger partial charge in [-0.05, 0) is 69.6 Å². The summed E-state index contributed by atoms with van der Waals surface area (Å²) in [5.41, 5.74) is 2.19. The fourth-order valence-electron chi connectivity index (χ4n) is 7.20. The van der Waals surface area contributed by atoms with Gasteiger partial charge in [0.25, 0.3) is 0 Å². The van der Waals surface area contributed by atoms with Crippen molar-refractivity contribution in [2.24, 2.45) is 22.7 Å². The average molecular weight is 509 g/mol. The van der Waals surface area contributed by atoms with Gasteiger partial charge in [0.2, 0.25) is 0 Å². The molecule has 0 aromatic heterocycles. The predicted molar refractivity (Wildman–Crippen MR) is 148 cm³/mol. The monoisotopic (exact) mass is 508 g/mol. The molecule has 3 N–H and O–H groups in total. The lowest BCUT2D eigenvalue weighted by Crippen LogP contribution is -2.38. The molecular formula is C32H44O5. The van der Waals surface area contributed by atoms with E-state index in [1.807, 2.05) is 32.9 Å². The van der Waals surface area contributed by atoms with Crippen molar-refractivity contribution in [1.29, 1.82) is 0 Å². The fraction of sp³-hybridized carbons (Fsp3) is 0.594. The van der Waals surface area contributed by atoms with Gasteiger partial charge in [-0.1, -0.05) is 70.1 Å². The molecule has 0 radical (unpaired) electrons. The number of hydrogen-bond donors (Lipinski definition) is 3. The number of allylic oxidation sites excluding steroid dienone is 4. The van der Waals surface area contributed by atoms with E-state index in [4.69, 9.17) is 4.74 Å². The zero-order valence-corrected chi connectivity index (χ0v) is 23.4. The number of rotatable bonds is 7. The van der Waals surface area contributed by atoms with E-state index in [1.165, 1.54) is 0 Å². The number of unbranched alkanes of at least 4 members (excludes halogenated alkanes) is 1. The molecule has 202 valence electrons. The van der Waals surface area contributed by atoms with Gasteiger partial charge < -0.3 is 20.1 Å². The number of aromatic hydroxyl groups is 3. The Labute approximate surface area is 221 Å². The van der Waals surface area contributed by atoms with E-state index in [1.54, 1.807) is 6.08 Å². The molecule has 2 fully saturated rings. The van der Waals surface area contributed by atoms with Crippen molar-refractivity contribution in [3.63, 3.8) is 0 Å². The maximum absolute atomic E-state index is 13.8. The Morgan fingerprint density at radius 3 is 2.43 bits per heavy atom. The van der Waals surface area contributed by atoms with Crippen LogP contribution in [0.2, 0.25) is 0 Å². The van der Waals surface area contributed by atoms with Gasteiger partial charge in [0.15, 0.2) is 11.5 Å². The van der Waals surface area contributed by atoms with E-state index in [0.717, 1.165) is 56.1 Å². The lowest BCUT2D eigenvalue weighted by Gasteiger charge is -2.38. The van der Waals surface area contributed by atoms with Crippen LogP contribution in [0.25, 0.3) is 6.08 Å². The highest BCUT2D eigenvalue weighted by molar-refractivity contribution is 5.99. The van der Waals surface area contributed by atoms with Crippen molar-refractivity contribution in [2.75, 3.05) is 0 Å². The molecule has 0 amide bonds. The van der Waals surface area contributed by atoms with Crippen LogP contribution in [0.15, 0.2) is 29.9 Å². The first-order chi connectivity index (χ1) is 17.3. The molecule has 1 aromatic carbocycles. The topological polar surface area (TPSA) is 87.0 Å². The van der Waals surface area contributed by atoms with Crippen LogP contribution < -0.4 is 0 Å². The summed E-state index contributed by atoms with van der Waals surface area (Å²) in [6, 6.07) is 0. The maximum atomic E-state index is 13.8. The normalized spacial score (nSPS) is 30.5. The van der Waals surface area contributed by atoms with E-state index >= 15 is 0 Å². The Morgan fingerprint density at radius 1 is 1.16 bits per heavy atom. The molecule has 0 saturated heterocycles. The SMILES string of the molecule is C=C(C)C1CCC(C)=CC1c1c(O)c(O)c(/C=C/CCC)c(C(=O)OC2CC3CCC2(C)C3(C)C)c1O. The van der Waals surface area contributed by atoms with Gasteiger partial charge in [-0.25, -0.2) is 4.79 Å². The second-order valence-electron chi connectivity index (χ2n) is 12.5. The molecule has 5 atom stereocenters. The Morgan fingerprint density at radius 2 is 1.86 bits per heavy atom. The lowest BCUT2D eigenvalue weighted by molar-refractivity contribution is -0.0244. The predicted octanol–water partition coefficient (Wildman–Crippen LogP) is 8.00. The van der Waals surface area contributed by atoms with Gasteiger partial charge in [0.05, 0.1) is 0 Å². The van der Waals surface area contributed by atoms with Crippen LogP contribution in [-0.4, -0.2) is 27.4 Å². The fourth-order valence-corrected chi connectivity index (χ4v) is 7.20. The summed E-state index contributed by atoms with van der Waals surface area (Å²) in [6.45, 7) is 16.8. The Balaban J connectivity index is 1.83. The number of carbonyl (C=O) groups is 1. The van der Waals surface area contributed by atoms with E-state index in [2.05, 4.69) is 27.4 Å². The van der Waals surface area contributed by atoms with Crippen molar-refractivity contribution < 1.29 is 24.9 Å². The first-order valence-electron chi connectivity index (χ1n) is 13.9. The standard InChI is InChI=1S/C32H44O5/c1-8-9-10-11-22-26(30(36)37-24-17-20-14-15-32(24,7)31(20,5)6)28(34)25(29(35)27(22)33)23-16-19(4)12-13-21(23)18(2)3/h10-11,16,20-21,23-24,33-35H,2,8-9,12-15,17H2,1,3-7H3/b11-10+. The number of esters is 1. The van der Waals surface area contributed by atoms with Crippen LogP contribution in [0, 0.1) is 22.7 Å². The molecule has 2 bridgehead atoms. The second-order valence-corrected chi connectivity index (χ2v) is 12.5. The molecule has 1 aromatic rings. The van der Waals surface area contributed by atoms with E-state index in [0.29, 0.717) is 5.92 Å². The summed E-state index contributed by atoms with van der Waals surface area (Å²) in [5.74, 6) is -1.70. The number of phenols is 3. The van der Waals surface area contributed by atoms with E-state index in [9.17, 15) is 20.1 Å². The molecule has 4 rings (SSSR count). The summed E-state index contributed by atoms with van der Waals surface area (Å²) >= 11 is 0. The molecule has 2 saturated carbocycles. The molecule has 3 aliphatic rings. The van der Waals surface area contributed by atoms with Crippen molar-refractivity contribution >= 4 is 12.0 Å². The average Bonchev–Trinajstić information content (AvgIpc) is 3.16. The van der Waals surface area contributed by atoms with Crippen LogP contribution in [0.1, 0.15) is 114 Å². The second kappa shape index (κ2) is 9.89. The zero-order chi connectivity index (χ0) is 27.3. The largest absolute Gasteiger partial charge is 0.507 e. The third kappa shape index (κ3) is 4.38. The maximum Gasteiger partial charge on any atom is 0.342 e. The van der Waals surface area contributed by atoms with Crippen LogP contribution in [0.3, 0.4) is 0 Å². The minimum atomic E-state index is -0.650. The van der Waals surface area contributed by atoms with Crippen LogP contribution in [-0.2, 0) is 4.74 Å². The number of hydrogen-bond acceptors (Lipinski definition) is 5. The van der Waals surface area contributed by atoms with Crippen molar-refractivity contribution in [3.05, 3.63) is 46.6 Å². The van der Waals surface area contributed by atoms with Gasteiger partial charge in [-0.2, -0.15) is 0 Å². The molecule has 5 heteroatoms. The van der Waals surface area contributed by atoms with Crippen molar-refractivity contribution in [2.45, 2.75) is 98.5 Å². The van der Waals surface area contributed by atoms with Gasteiger partial charge in [0.1, 0.15) is 17.4 Å². The Hall–Kier alpha value is -2.69. The summed E-state index contributed by atoms with van der Waals surface area (Å²) in [6.07, 6.45) is 11.5. The van der Waals surface area contributed by atoms with Crippen LogP contribution in [0.5, 0.6) is 17.2 Å². The zero-order valence-electron chi connectivity index (χ0n) is 23.4. The van der Waals surface area contributed by atoms with Gasteiger partial charge >= 0.3 is 5.97 Å². The highest BCUT2D eigenvalue weighted by atomic mass is 16.5. The summed E-state index contributed by atoms with van der Waals surface area (Å²) in [4.78, 5) is 13.8. The van der Waals surface area contributed by atoms with Crippen LogP contribution >= 0.6 is 0 Å². The highest BCUT2D eigenvalue weighted by Gasteiger charge is 2.63. The first kappa shape index (κ1) is 27.3. The Bertz CT molecular complexity index is 1160. The minimum absolute atomic E-state index is 0.0319. The minimum Gasteiger partial charge on any atom is -0.507 e. The molecule has 0 spiro atoms. The molecule has 0 aliphatic heterocycles. The number of phenolic OH excluding ortho intramolecular Hbond substituents is 3. The lowest BCUT2D eigenvalue weighted by atomic mass is 9.70. The number of benzene rings is 1. The molecular weight excluding hydrogens is 464 g/mol. The summed E-state index contributed by atoms with van der Waals surface area (Å²) in [5, 5.41) is 34.0. The van der Waals surface area contributed by atoms with Crippen molar-refractivity contribution in [1.82, 2.24) is 0 Å².